The van der Waals surface area contributed by atoms with Crippen molar-refractivity contribution in [1.82, 2.24) is 15.0 Å². The van der Waals surface area contributed by atoms with Crippen molar-refractivity contribution < 1.29 is 0 Å². The largest absolute Gasteiger partial charge is 0.366 e. The van der Waals surface area contributed by atoms with E-state index in [4.69, 9.17) is 0 Å². The van der Waals surface area contributed by atoms with Gasteiger partial charge in [0, 0.05) is 46.0 Å². The van der Waals surface area contributed by atoms with Gasteiger partial charge in [0.15, 0.2) is 0 Å². The second-order valence-corrected chi connectivity index (χ2v) is 5.73. The van der Waals surface area contributed by atoms with Gasteiger partial charge in [0.25, 0.3) is 0 Å². The lowest BCUT2D eigenvalue weighted by molar-refractivity contribution is 0.931. The van der Waals surface area contributed by atoms with Crippen molar-refractivity contribution in [2.75, 3.05) is 42.3 Å². The van der Waals surface area contributed by atoms with Gasteiger partial charge in [-0.25, -0.2) is 15.0 Å². The number of hydrogen-bond acceptors (Lipinski definition) is 6. The Balaban J connectivity index is 1.66. The number of nitrogens with one attached hydrogen (secondary N) is 1. The van der Waals surface area contributed by atoms with Crippen molar-refractivity contribution in [2.45, 2.75) is 19.4 Å². The summed E-state index contributed by atoms with van der Waals surface area (Å²) >= 11 is 0. The second-order valence-electron chi connectivity index (χ2n) is 5.73. The van der Waals surface area contributed by atoms with Crippen molar-refractivity contribution in [3.05, 3.63) is 36.3 Å². The van der Waals surface area contributed by atoms with Gasteiger partial charge in [-0.15, -0.1) is 0 Å². The zero-order valence-electron chi connectivity index (χ0n) is 13.2. The van der Waals surface area contributed by atoms with Crippen LogP contribution in [-0.2, 0) is 6.54 Å². The fraction of sp³-hybridized carbons (Fsp3) is 0.438. The first-order valence-corrected chi connectivity index (χ1v) is 7.65. The van der Waals surface area contributed by atoms with Crippen LogP contribution in [0, 0.1) is 0 Å². The molecule has 6 heteroatoms. The molecule has 1 fully saturated rings. The molecule has 1 N–H and O–H groups in total. The minimum atomic E-state index is 0.729. The molecular weight excluding hydrogens is 276 g/mol. The van der Waals surface area contributed by atoms with Crippen LogP contribution in [0.3, 0.4) is 0 Å². The second kappa shape index (κ2) is 6.60. The molecule has 0 aromatic carbocycles. The van der Waals surface area contributed by atoms with Crippen LogP contribution < -0.4 is 15.1 Å². The number of aromatic nitrogens is 3. The van der Waals surface area contributed by atoms with Crippen LogP contribution in [0.5, 0.6) is 0 Å². The highest BCUT2D eigenvalue weighted by molar-refractivity contribution is 5.48. The fourth-order valence-corrected chi connectivity index (χ4v) is 2.57. The molecule has 22 heavy (non-hydrogen) atoms. The van der Waals surface area contributed by atoms with Gasteiger partial charge in [-0.3, -0.25) is 0 Å². The van der Waals surface area contributed by atoms with Crippen molar-refractivity contribution in [1.29, 1.82) is 0 Å². The highest BCUT2D eigenvalue weighted by Crippen LogP contribution is 2.19. The molecule has 116 valence electrons. The molecule has 0 unspecified atom stereocenters. The maximum absolute atomic E-state index is 4.48. The normalized spacial score (nSPS) is 14.2. The molecule has 0 atom stereocenters. The van der Waals surface area contributed by atoms with Crippen molar-refractivity contribution in [3.63, 3.8) is 0 Å². The van der Waals surface area contributed by atoms with Crippen molar-refractivity contribution in [2.24, 2.45) is 0 Å². The molecule has 1 aliphatic heterocycles. The maximum Gasteiger partial charge on any atom is 0.133 e. The molecule has 3 heterocycles. The average Bonchev–Trinajstić information content (AvgIpc) is 3.08. The Bertz CT molecular complexity index is 622. The molecule has 0 bridgehead atoms. The van der Waals surface area contributed by atoms with Crippen LogP contribution in [0.15, 0.2) is 30.7 Å². The molecule has 0 aliphatic carbocycles. The summed E-state index contributed by atoms with van der Waals surface area (Å²) in [5, 5.41) is 3.35. The van der Waals surface area contributed by atoms with Crippen LogP contribution in [0.2, 0.25) is 0 Å². The first-order valence-electron chi connectivity index (χ1n) is 7.65. The standard InChI is InChI=1S/C16H22N6/c1-21(2)15-10-14(19-12-20-15)18-11-13-5-6-17-16(9-13)22-7-3-4-8-22/h5-6,9-10,12H,3-4,7-8,11H2,1-2H3,(H,18,19,20). The summed E-state index contributed by atoms with van der Waals surface area (Å²) in [4.78, 5) is 17.3. The zero-order valence-corrected chi connectivity index (χ0v) is 13.2. The minimum absolute atomic E-state index is 0.729. The number of rotatable bonds is 5. The molecule has 1 saturated heterocycles. The summed E-state index contributed by atoms with van der Waals surface area (Å²) in [6.07, 6.45) is 5.99. The van der Waals surface area contributed by atoms with E-state index in [1.54, 1.807) is 6.33 Å². The van der Waals surface area contributed by atoms with Crippen LogP contribution in [0.1, 0.15) is 18.4 Å². The van der Waals surface area contributed by atoms with Gasteiger partial charge in [-0.1, -0.05) is 0 Å². The van der Waals surface area contributed by atoms with Gasteiger partial charge in [-0.2, -0.15) is 0 Å². The summed E-state index contributed by atoms with van der Waals surface area (Å²) in [5.74, 6) is 2.80. The Kier molecular flexibility index (Phi) is 4.37. The Morgan fingerprint density at radius 2 is 1.95 bits per heavy atom. The van der Waals surface area contributed by atoms with E-state index in [1.165, 1.54) is 18.4 Å². The maximum atomic E-state index is 4.48. The molecule has 0 amide bonds. The van der Waals surface area contributed by atoms with Crippen LogP contribution in [-0.4, -0.2) is 42.1 Å². The average molecular weight is 298 g/mol. The van der Waals surface area contributed by atoms with Gasteiger partial charge >= 0.3 is 0 Å². The van der Waals surface area contributed by atoms with Gasteiger partial charge in [0.05, 0.1) is 0 Å². The monoisotopic (exact) mass is 298 g/mol. The molecule has 6 nitrogen and oxygen atoms in total. The number of anilines is 3. The predicted molar refractivity (Wildman–Crippen MR) is 89.4 cm³/mol. The molecule has 3 rings (SSSR count). The number of pyridine rings is 1. The van der Waals surface area contributed by atoms with Crippen LogP contribution in [0.4, 0.5) is 17.5 Å². The lowest BCUT2D eigenvalue weighted by atomic mass is 10.2. The molecule has 2 aromatic rings. The van der Waals surface area contributed by atoms with Gasteiger partial charge in [-0.05, 0) is 30.5 Å². The third-order valence-electron chi connectivity index (χ3n) is 3.82. The lowest BCUT2D eigenvalue weighted by Crippen LogP contribution is -2.19. The Morgan fingerprint density at radius 3 is 2.73 bits per heavy atom. The smallest absolute Gasteiger partial charge is 0.133 e. The fourth-order valence-electron chi connectivity index (χ4n) is 2.57. The van der Waals surface area contributed by atoms with E-state index in [1.807, 2.05) is 37.3 Å². The van der Waals surface area contributed by atoms with Crippen LogP contribution >= 0.6 is 0 Å². The quantitative estimate of drug-likeness (QED) is 0.913. The highest BCUT2D eigenvalue weighted by Gasteiger charge is 2.13. The predicted octanol–water partition coefficient (Wildman–Crippen LogP) is 2.15. The van der Waals surface area contributed by atoms with E-state index >= 15 is 0 Å². The van der Waals surface area contributed by atoms with Gasteiger partial charge in [0.2, 0.25) is 0 Å². The minimum Gasteiger partial charge on any atom is -0.366 e. The Labute approximate surface area is 131 Å². The highest BCUT2D eigenvalue weighted by atomic mass is 15.2. The van der Waals surface area contributed by atoms with Crippen molar-refractivity contribution >= 4 is 17.5 Å². The summed E-state index contributed by atoms with van der Waals surface area (Å²) in [7, 11) is 3.94. The number of hydrogen-bond donors (Lipinski definition) is 1. The van der Waals surface area contributed by atoms with Gasteiger partial charge in [0.1, 0.15) is 23.8 Å². The Hall–Kier alpha value is -2.37. The molecule has 1 aliphatic rings. The van der Waals surface area contributed by atoms with E-state index in [-0.39, 0.29) is 0 Å². The Morgan fingerprint density at radius 1 is 1.14 bits per heavy atom. The third-order valence-corrected chi connectivity index (χ3v) is 3.82. The topological polar surface area (TPSA) is 57.2 Å². The van der Waals surface area contributed by atoms with Crippen molar-refractivity contribution in [3.8, 4) is 0 Å². The third kappa shape index (κ3) is 3.44. The van der Waals surface area contributed by atoms with E-state index in [0.29, 0.717) is 0 Å². The molecule has 0 saturated carbocycles. The SMILES string of the molecule is CN(C)c1cc(NCc2ccnc(N3CCCC3)c2)ncn1. The summed E-state index contributed by atoms with van der Waals surface area (Å²) in [6, 6.07) is 6.15. The molecule has 2 aromatic heterocycles. The first-order chi connectivity index (χ1) is 10.7. The summed E-state index contributed by atoms with van der Waals surface area (Å²) < 4.78 is 0. The van der Waals surface area contributed by atoms with E-state index in [0.717, 1.165) is 37.1 Å². The first kappa shape index (κ1) is 14.6. The number of nitrogens with zero attached hydrogens (tertiary/aromatic N) is 5. The molecular formula is C16H22N6. The van der Waals surface area contributed by atoms with Crippen LogP contribution in [0.25, 0.3) is 0 Å². The molecule has 0 spiro atoms. The van der Waals surface area contributed by atoms with E-state index in [9.17, 15) is 0 Å². The zero-order chi connectivity index (χ0) is 15.4. The van der Waals surface area contributed by atoms with Gasteiger partial charge < -0.3 is 15.1 Å². The van der Waals surface area contributed by atoms with E-state index in [2.05, 4.69) is 31.2 Å². The van der Waals surface area contributed by atoms with E-state index < -0.39 is 0 Å². The lowest BCUT2D eigenvalue weighted by Gasteiger charge is -2.17. The summed E-state index contributed by atoms with van der Waals surface area (Å²) in [6.45, 7) is 2.96. The molecule has 0 radical (unpaired) electrons. The summed E-state index contributed by atoms with van der Waals surface area (Å²) in [5.41, 5.74) is 1.21.